The summed E-state index contributed by atoms with van der Waals surface area (Å²) < 4.78 is 2.07. The summed E-state index contributed by atoms with van der Waals surface area (Å²) >= 11 is 0. The molecule has 0 fully saturated rings. The summed E-state index contributed by atoms with van der Waals surface area (Å²) in [6.45, 7) is 5.00. The van der Waals surface area contributed by atoms with Crippen molar-refractivity contribution in [2.75, 3.05) is 17.2 Å². The summed E-state index contributed by atoms with van der Waals surface area (Å²) in [7, 11) is 0. The van der Waals surface area contributed by atoms with Crippen LogP contribution in [0.15, 0.2) is 67.0 Å². The van der Waals surface area contributed by atoms with Crippen molar-refractivity contribution in [2.24, 2.45) is 0 Å². The van der Waals surface area contributed by atoms with E-state index in [1.807, 2.05) is 42.7 Å². The van der Waals surface area contributed by atoms with Crippen molar-refractivity contribution < 1.29 is 0 Å². The normalized spacial score (nSPS) is 11.1. The van der Waals surface area contributed by atoms with Gasteiger partial charge in [0, 0.05) is 18.3 Å². The van der Waals surface area contributed by atoms with Crippen LogP contribution >= 0.6 is 0 Å². The molecule has 4 rings (SSSR count). The molecule has 0 saturated heterocycles. The van der Waals surface area contributed by atoms with Gasteiger partial charge in [0.2, 0.25) is 5.95 Å². The van der Waals surface area contributed by atoms with E-state index in [1.165, 1.54) is 5.56 Å². The lowest BCUT2D eigenvalue weighted by Gasteiger charge is -2.12. The Balaban J connectivity index is 1.62. The van der Waals surface area contributed by atoms with Crippen LogP contribution in [0.2, 0.25) is 0 Å². The molecule has 2 aromatic heterocycles. The Morgan fingerprint density at radius 3 is 2.36 bits per heavy atom. The molecule has 2 N–H and O–H groups in total. The van der Waals surface area contributed by atoms with E-state index in [0.29, 0.717) is 11.8 Å². The molecule has 0 bridgehead atoms. The maximum absolute atomic E-state index is 4.73. The van der Waals surface area contributed by atoms with Gasteiger partial charge in [0.15, 0.2) is 17.0 Å². The highest BCUT2D eigenvalue weighted by Gasteiger charge is 2.15. The molecule has 0 saturated carbocycles. The summed E-state index contributed by atoms with van der Waals surface area (Å²) in [5.41, 5.74) is 3.85. The Hall–Kier alpha value is -3.41. The summed E-state index contributed by atoms with van der Waals surface area (Å²) in [6.07, 6.45) is 2.74. The molecule has 2 heterocycles. The molecule has 2 aromatic carbocycles. The highest BCUT2D eigenvalue weighted by molar-refractivity contribution is 5.86. The summed E-state index contributed by atoms with van der Waals surface area (Å²) in [4.78, 5) is 14.0. The van der Waals surface area contributed by atoms with E-state index in [2.05, 4.69) is 58.3 Å². The molecule has 142 valence electrons. The van der Waals surface area contributed by atoms with Crippen molar-refractivity contribution in [1.82, 2.24) is 19.5 Å². The quantitative estimate of drug-likeness (QED) is 0.487. The van der Waals surface area contributed by atoms with Crippen LogP contribution in [0, 0.1) is 0 Å². The molecule has 6 heteroatoms. The van der Waals surface area contributed by atoms with Crippen molar-refractivity contribution in [3.05, 3.63) is 72.6 Å². The second-order valence-corrected chi connectivity index (χ2v) is 6.97. The Labute approximate surface area is 164 Å². The first-order valence-corrected chi connectivity index (χ1v) is 9.55. The van der Waals surface area contributed by atoms with Gasteiger partial charge in [-0.1, -0.05) is 48.5 Å². The molecule has 0 atom stereocenters. The number of imidazole rings is 1. The Morgan fingerprint density at radius 2 is 1.64 bits per heavy atom. The van der Waals surface area contributed by atoms with Crippen molar-refractivity contribution in [2.45, 2.75) is 26.3 Å². The van der Waals surface area contributed by atoms with Crippen molar-refractivity contribution in [3.63, 3.8) is 0 Å². The van der Waals surface area contributed by atoms with Gasteiger partial charge in [-0.3, -0.25) is 0 Å². The number of nitrogens with one attached hydrogen (secondary N) is 2. The van der Waals surface area contributed by atoms with Crippen LogP contribution in [0.3, 0.4) is 0 Å². The largest absolute Gasteiger partial charge is 0.354 e. The van der Waals surface area contributed by atoms with E-state index in [-0.39, 0.29) is 6.04 Å². The van der Waals surface area contributed by atoms with E-state index in [1.54, 1.807) is 0 Å². The van der Waals surface area contributed by atoms with E-state index >= 15 is 0 Å². The number of benzene rings is 2. The molecule has 0 radical (unpaired) electrons. The van der Waals surface area contributed by atoms with Gasteiger partial charge in [-0.25, -0.2) is 4.98 Å². The zero-order valence-electron chi connectivity index (χ0n) is 16.1. The van der Waals surface area contributed by atoms with Gasteiger partial charge >= 0.3 is 0 Å². The number of aromatic nitrogens is 4. The standard InChI is InChI=1S/C22H24N6/c1-16(2)28-15-24-19-20(25-18-11-7-4-8-12-18)26-22(27-21(19)28)23-14-13-17-9-5-3-6-10-17/h3-12,15-16H,13-14H2,1-2H3,(H2,23,25,26,27). The lowest BCUT2D eigenvalue weighted by molar-refractivity contribution is 0.613. The van der Waals surface area contributed by atoms with Crippen molar-refractivity contribution in [3.8, 4) is 0 Å². The third-order valence-electron chi connectivity index (χ3n) is 4.55. The summed E-state index contributed by atoms with van der Waals surface area (Å²) in [5, 5.41) is 6.74. The minimum atomic E-state index is 0.265. The molecular formula is C22H24N6. The van der Waals surface area contributed by atoms with Crippen LogP contribution in [0.5, 0.6) is 0 Å². The monoisotopic (exact) mass is 372 g/mol. The van der Waals surface area contributed by atoms with Crippen LogP contribution in [-0.4, -0.2) is 26.1 Å². The minimum absolute atomic E-state index is 0.265. The Bertz CT molecular complexity index is 1040. The van der Waals surface area contributed by atoms with E-state index in [0.717, 1.165) is 29.8 Å². The van der Waals surface area contributed by atoms with E-state index in [9.17, 15) is 0 Å². The molecule has 0 aliphatic heterocycles. The fraction of sp³-hybridized carbons (Fsp3) is 0.227. The van der Waals surface area contributed by atoms with Gasteiger partial charge < -0.3 is 15.2 Å². The van der Waals surface area contributed by atoms with Crippen molar-refractivity contribution in [1.29, 1.82) is 0 Å². The first-order valence-electron chi connectivity index (χ1n) is 9.55. The Morgan fingerprint density at radius 1 is 0.929 bits per heavy atom. The lowest BCUT2D eigenvalue weighted by atomic mass is 10.1. The average Bonchev–Trinajstić information content (AvgIpc) is 3.14. The number of para-hydroxylation sites is 1. The fourth-order valence-corrected chi connectivity index (χ4v) is 3.08. The molecule has 28 heavy (non-hydrogen) atoms. The first-order chi connectivity index (χ1) is 13.7. The molecular weight excluding hydrogens is 348 g/mol. The Kier molecular flexibility index (Phi) is 5.19. The third kappa shape index (κ3) is 3.96. The second-order valence-electron chi connectivity index (χ2n) is 6.97. The van der Waals surface area contributed by atoms with Gasteiger partial charge in [-0.2, -0.15) is 9.97 Å². The summed E-state index contributed by atoms with van der Waals surface area (Å²) in [5.74, 6) is 1.31. The molecule has 0 aliphatic carbocycles. The smallest absolute Gasteiger partial charge is 0.226 e. The second kappa shape index (κ2) is 8.08. The number of fused-ring (bicyclic) bond motifs is 1. The molecule has 0 unspecified atom stereocenters. The fourth-order valence-electron chi connectivity index (χ4n) is 3.08. The number of hydrogen-bond acceptors (Lipinski definition) is 5. The predicted molar refractivity (Wildman–Crippen MR) is 114 cm³/mol. The van der Waals surface area contributed by atoms with E-state index in [4.69, 9.17) is 9.97 Å². The maximum atomic E-state index is 4.73. The van der Waals surface area contributed by atoms with Crippen LogP contribution in [0.4, 0.5) is 17.5 Å². The average molecular weight is 372 g/mol. The van der Waals surface area contributed by atoms with Crippen LogP contribution < -0.4 is 10.6 Å². The zero-order valence-corrected chi connectivity index (χ0v) is 16.1. The number of nitrogens with zero attached hydrogens (tertiary/aromatic N) is 4. The molecule has 0 aliphatic rings. The predicted octanol–water partition coefficient (Wildman–Crippen LogP) is 4.81. The molecule has 4 aromatic rings. The maximum Gasteiger partial charge on any atom is 0.226 e. The molecule has 0 spiro atoms. The van der Waals surface area contributed by atoms with E-state index < -0.39 is 0 Å². The van der Waals surface area contributed by atoms with Gasteiger partial charge in [-0.15, -0.1) is 0 Å². The van der Waals surface area contributed by atoms with Crippen LogP contribution in [-0.2, 0) is 6.42 Å². The van der Waals surface area contributed by atoms with Gasteiger partial charge in [-0.05, 0) is 38.0 Å². The SMILES string of the molecule is CC(C)n1cnc2c(Nc3ccccc3)nc(NCCc3ccccc3)nc21. The third-order valence-corrected chi connectivity index (χ3v) is 4.55. The van der Waals surface area contributed by atoms with Crippen molar-refractivity contribution >= 4 is 28.6 Å². The topological polar surface area (TPSA) is 67.7 Å². The lowest BCUT2D eigenvalue weighted by Crippen LogP contribution is -2.10. The zero-order chi connectivity index (χ0) is 19.3. The van der Waals surface area contributed by atoms with Gasteiger partial charge in [0.05, 0.1) is 6.33 Å². The van der Waals surface area contributed by atoms with Gasteiger partial charge in [0.1, 0.15) is 0 Å². The number of hydrogen-bond donors (Lipinski definition) is 2. The number of rotatable bonds is 7. The number of anilines is 3. The molecule has 6 nitrogen and oxygen atoms in total. The highest BCUT2D eigenvalue weighted by Crippen LogP contribution is 2.25. The molecule has 0 amide bonds. The van der Waals surface area contributed by atoms with Gasteiger partial charge in [0.25, 0.3) is 0 Å². The van der Waals surface area contributed by atoms with Crippen LogP contribution in [0.1, 0.15) is 25.5 Å². The van der Waals surface area contributed by atoms with Crippen LogP contribution in [0.25, 0.3) is 11.2 Å². The highest BCUT2D eigenvalue weighted by atomic mass is 15.2. The summed E-state index contributed by atoms with van der Waals surface area (Å²) in [6, 6.07) is 20.7. The first kappa shape index (κ1) is 18.0. The minimum Gasteiger partial charge on any atom is -0.354 e.